The fourth-order valence-corrected chi connectivity index (χ4v) is 12.3. The normalized spacial score (nSPS) is 45.5. The van der Waals surface area contributed by atoms with Gasteiger partial charge in [0.15, 0.2) is 0 Å². The summed E-state index contributed by atoms with van der Waals surface area (Å²) in [5, 5.41) is 3.94. The number of rotatable bonds is 6. The molecule has 0 bridgehead atoms. The highest BCUT2D eigenvalue weighted by atomic mass is 35.5. The van der Waals surface area contributed by atoms with Crippen LogP contribution in [0.5, 0.6) is 0 Å². The maximum Gasteiger partial charge on any atom is 0.534 e. The van der Waals surface area contributed by atoms with Gasteiger partial charge >= 0.3 is 15.6 Å². The predicted molar refractivity (Wildman–Crippen MR) is 158 cm³/mol. The van der Waals surface area contributed by atoms with E-state index in [-0.39, 0.29) is 33.5 Å². The Balaban J connectivity index is 1.50. The molecule has 1 N–H and O–H groups in total. The van der Waals surface area contributed by atoms with Gasteiger partial charge in [-0.3, -0.25) is 0 Å². The first-order valence-corrected chi connectivity index (χ1v) is 17.4. The smallest absolute Gasteiger partial charge is 0.380 e. The Bertz CT molecular complexity index is 1220. The molecule has 4 saturated carbocycles. The maximum absolute atomic E-state index is 13.2. The molecule has 0 aromatic heterocycles. The van der Waals surface area contributed by atoms with Crippen LogP contribution in [0, 0.1) is 51.2 Å². The van der Waals surface area contributed by atoms with Crippen LogP contribution in [0.4, 0.5) is 13.2 Å². The van der Waals surface area contributed by atoms with Gasteiger partial charge < -0.3 is 9.50 Å². The van der Waals surface area contributed by atoms with Gasteiger partial charge in [0, 0.05) is 23.4 Å². The fourth-order valence-electron chi connectivity index (χ4n) is 11.6. The monoisotopic (exact) mass is 619 g/mol. The minimum absolute atomic E-state index is 0.0272. The van der Waals surface area contributed by atoms with Crippen LogP contribution in [-0.4, -0.2) is 31.9 Å². The van der Waals surface area contributed by atoms with Gasteiger partial charge in [-0.15, -0.1) is 11.6 Å². The Morgan fingerprint density at radius 1 is 1.02 bits per heavy atom. The second kappa shape index (κ2) is 9.89. The SMILES string of the molecule is C=C(C)[C@@H]1CC[C@]2(NCCCl)CC[C@]3(C)[C@H](CC[C@@H]4[C@@]5(C)CC=C(OS(=O)(=O)C(F)(F)F)C(C)(C)[C@@H]5CC[C@]43C)[C@@H]12. The highest BCUT2D eigenvalue weighted by molar-refractivity contribution is 7.87. The molecular weight excluding hydrogens is 571 g/mol. The molecule has 0 radical (unpaired) electrons. The number of hydrogen-bond acceptors (Lipinski definition) is 4. The van der Waals surface area contributed by atoms with Gasteiger partial charge in [-0.05, 0) is 117 Å². The molecule has 234 valence electrons. The van der Waals surface area contributed by atoms with E-state index in [2.05, 4.69) is 39.6 Å². The number of nitrogens with one attached hydrogen (secondary N) is 1. The van der Waals surface area contributed by atoms with Gasteiger partial charge in [0.2, 0.25) is 0 Å². The third-order valence-electron chi connectivity index (χ3n) is 13.6. The molecule has 0 heterocycles. The van der Waals surface area contributed by atoms with Gasteiger partial charge in [-0.2, -0.15) is 21.6 Å². The molecule has 41 heavy (non-hydrogen) atoms. The minimum Gasteiger partial charge on any atom is -0.380 e. The van der Waals surface area contributed by atoms with Crippen molar-refractivity contribution in [2.45, 2.75) is 110 Å². The zero-order valence-electron chi connectivity index (χ0n) is 25.6. The highest BCUT2D eigenvalue weighted by Crippen LogP contribution is 2.76. The van der Waals surface area contributed by atoms with Crippen LogP contribution in [0.2, 0.25) is 0 Å². The van der Waals surface area contributed by atoms with Gasteiger partial charge in [0.1, 0.15) is 5.76 Å². The van der Waals surface area contributed by atoms with Gasteiger partial charge in [-0.25, -0.2) is 0 Å². The van der Waals surface area contributed by atoms with Gasteiger partial charge in [0.25, 0.3) is 0 Å². The number of alkyl halides is 4. The van der Waals surface area contributed by atoms with E-state index in [1.807, 2.05) is 13.8 Å². The molecule has 0 spiro atoms. The van der Waals surface area contributed by atoms with Crippen LogP contribution in [0.3, 0.4) is 0 Å². The third-order valence-corrected chi connectivity index (χ3v) is 14.8. The minimum atomic E-state index is -5.71. The summed E-state index contributed by atoms with van der Waals surface area (Å²) in [7, 11) is -5.71. The topological polar surface area (TPSA) is 55.4 Å². The number of allylic oxidation sites excluding steroid dienone is 3. The maximum atomic E-state index is 13.2. The molecule has 0 aromatic rings. The lowest BCUT2D eigenvalue weighted by molar-refractivity contribution is -0.223. The zero-order valence-corrected chi connectivity index (χ0v) is 27.2. The molecule has 5 aliphatic rings. The average molecular weight is 620 g/mol. The average Bonchev–Trinajstić information content (AvgIpc) is 3.24. The molecule has 4 nitrogen and oxygen atoms in total. The summed E-state index contributed by atoms with van der Waals surface area (Å²) >= 11 is 6.17. The lowest BCUT2D eigenvalue weighted by atomic mass is 9.33. The van der Waals surface area contributed by atoms with Crippen molar-refractivity contribution in [3.8, 4) is 0 Å². The first kappa shape index (κ1) is 31.7. The molecule has 0 aliphatic heterocycles. The summed E-state index contributed by atoms with van der Waals surface area (Å²) in [5.74, 6) is 2.56. The molecule has 9 heteroatoms. The Morgan fingerprint density at radius 3 is 2.32 bits per heavy atom. The summed E-state index contributed by atoms with van der Waals surface area (Å²) in [5.41, 5.74) is -4.83. The third kappa shape index (κ3) is 4.41. The van der Waals surface area contributed by atoms with Crippen molar-refractivity contribution in [2.24, 2.45) is 51.2 Å². The number of halogens is 4. The summed E-state index contributed by atoms with van der Waals surface area (Å²) < 4.78 is 68.5. The Hall–Kier alpha value is -0.730. The summed E-state index contributed by atoms with van der Waals surface area (Å²) in [6.07, 6.45) is 10.9. The van der Waals surface area contributed by atoms with E-state index in [0.717, 1.165) is 45.1 Å². The van der Waals surface area contributed by atoms with Gasteiger partial charge in [-0.1, -0.05) is 46.8 Å². The first-order chi connectivity index (χ1) is 18.8. The lowest BCUT2D eigenvalue weighted by Crippen LogP contribution is -2.68. The Labute approximate surface area is 250 Å². The molecular formula is C32H49ClF3NO3S. The molecule has 5 rings (SSSR count). The molecule has 0 amide bonds. The van der Waals surface area contributed by atoms with Gasteiger partial charge in [0.05, 0.1) is 0 Å². The quantitative estimate of drug-likeness (QED) is 0.140. The molecule has 0 aromatic carbocycles. The second-order valence-electron chi connectivity index (χ2n) is 15.4. The highest BCUT2D eigenvalue weighted by Gasteiger charge is 2.70. The van der Waals surface area contributed by atoms with Crippen molar-refractivity contribution in [1.82, 2.24) is 5.32 Å². The van der Waals surface area contributed by atoms with E-state index in [0.29, 0.717) is 36.0 Å². The fraction of sp³-hybridized carbons (Fsp3) is 0.875. The summed E-state index contributed by atoms with van der Waals surface area (Å²) in [6, 6.07) is 0. The Morgan fingerprint density at radius 2 is 1.71 bits per heavy atom. The lowest BCUT2D eigenvalue weighted by Gasteiger charge is -2.72. The van der Waals surface area contributed by atoms with Crippen LogP contribution < -0.4 is 5.32 Å². The van der Waals surface area contributed by atoms with Crippen molar-refractivity contribution in [3.63, 3.8) is 0 Å². The molecule has 5 aliphatic carbocycles. The van der Waals surface area contributed by atoms with E-state index < -0.39 is 21.0 Å². The van der Waals surface area contributed by atoms with Crippen molar-refractivity contribution in [3.05, 3.63) is 24.0 Å². The predicted octanol–water partition coefficient (Wildman–Crippen LogP) is 8.58. The molecule has 0 unspecified atom stereocenters. The summed E-state index contributed by atoms with van der Waals surface area (Å²) in [4.78, 5) is 0. The van der Waals surface area contributed by atoms with E-state index >= 15 is 0 Å². The van der Waals surface area contributed by atoms with E-state index in [1.54, 1.807) is 6.08 Å². The number of hydrogen-bond donors (Lipinski definition) is 1. The van der Waals surface area contributed by atoms with Crippen LogP contribution in [0.25, 0.3) is 0 Å². The van der Waals surface area contributed by atoms with Crippen LogP contribution in [0.15, 0.2) is 24.0 Å². The molecule has 9 atom stereocenters. The zero-order chi connectivity index (χ0) is 30.4. The van der Waals surface area contributed by atoms with Crippen LogP contribution >= 0.6 is 11.6 Å². The van der Waals surface area contributed by atoms with Crippen molar-refractivity contribution in [2.75, 3.05) is 12.4 Å². The van der Waals surface area contributed by atoms with Crippen molar-refractivity contribution in [1.29, 1.82) is 0 Å². The molecule has 0 saturated heterocycles. The summed E-state index contributed by atoms with van der Waals surface area (Å²) in [6.45, 7) is 18.6. The number of fused-ring (bicyclic) bond motifs is 7. The second-order valence-corrected chi connectivity index (χ2v) is 17.4. The van der Waals surface area contributed by atoms with E-state index in [4.69, 9.17) is 15.8 Å². The van der Waals surface area contributed by atoms with Crippen molar-refractivity contribution >= 4 is 21.7 Å². The van der Waals surface area contributed by atoms with E-state index in [9.17, 15) is 21.6 Å². The van der Waals surface area contributed by atoms with Crippen LogP contribution in [-0.2, 0) is 14.3 Å². The van der Waals surface area contributed by atoms with Crippen molar-refractivity contribution < 1.29 is 25.8 Å². The molecule has 4 fully saturated rings. The standard InChI is InChI=1S/C32H49ClF3NO3S/c1-20(2)21-10-15-31(37-19-18-33)17-16-29(6)22(26(21)31)8-9-24-28(5)13-12-25(40-41(38,39)32(34,35)36)27(3,4)23(28)11-14-30(24,29)7/h12,21-24,26,37H,1,8-11,13-19H2,2-7H3/t21-,22+,23-,24+,26+,28-,29+,30+,31-/m0/s1. The first-order valence-electron chi connectivity index (χ1n) is 15.5. The van der Waals surface area contributed by atoms with E-state index in [1.165, 1.54) is 18.4 Å². The Kier molecular flexibility index (Phi) is 7.64. The largest absolute Gasteiger partial charge is 0.534 e. The van der Waals surface area contributed by atoms with Crippen LogP contribution in [0.1, 0.15) is 99.3 Å².